The molecule has 1 fully saturated rings. The summed E-state index contributed by atoms with van der Waals surface area (Å²) in [6, 6.07) is 1.82. The summed E-state index contributed by atoms with van der Waals surface area (Å²) in [4.78, 5) is 25.0. The number of nitrogens with zero attached hydrogens (tertiary/aromatic N) is 5. The van der Waals surface area contributed by atoms with Crippen LogP contribution in [0.1, 0.15) is 40.6 Å². The molecule has 1 aliphatic rings. The van der Waals surface area contributed by atoms with Crippen molar-refractivity contribution in [2.24, 2.45) is 0 Å². The first-order chi connectivity index (χ1) is 11.0. The molecule has 0 bridgehead atoms. The van der Waals surface area contributed by atoms with Gasteiger partial charge < -0.3 is 10.0 Å². The summed E-state index contributed by atoms with van der Waals surface area (Å²) in [7, 11) is 0. The van der Waals surface area contributed by atoms with Crippen LogP contribution in [0.4, 0.5) is 0 Å². The van der Waals surface area contributed by atoms with Crippen molar-refractivity contribution in [3.63, 3.8) is 0 Å². The average Bonchev–Trinajstić information content (AvgIpc) is 3.15. The number of aliphatic carboxylic acids is 1. The zero-order valence-electron chi connectivity index (χ0n) is 12.8. The summed E-state index contributed by atoms with van der Waals surface area (Å²) in [5, 5.41) is 23.4. The van der Waals surface area contributed by atoms with Crippen LogP contribution in [0.3, 0.4) is 0 Å². The Hall–Kier alpha value is -2.71. The molecule has 0 spiro atoms. The summed E-state index contributed by atoms with van der Waals surface area (Å²) in [5.74, 6) is -0.956. The molecule has 23 heavy (non-hydrogen) atoms. The van der Waals surface area contributed by atoms with E-state index < -0.39 is 5.97 Å². The maximum atomic E-state index is 12.5. The molecular weight excluding hydrogens is 300 g/mol. The maximum Gasteiger partial charge on any atom is 0.325 e. The van der Waals surface area contributed by atoms with E-state index in [9.17, 15) is 9.59 Å². The number of carboxylic acid groups (broad SMARTS) is 1. The number of carboxylic acids is 1. The second-order valence-corrected chi connectivity index (χ2v) is 5.68. The second kappa shape index (κ2) is 6.19. The summed E-state index contributed by atoms with van der Waals surface area (Å²) >= 11 is 0. The average molecular weight is 318 g/mol. The van der Waals surface area contributed by atoms with E-state index in [0.29, 0.717) is 24.5 Å². The van der Waals surface area contributed by atoms with E-state index in [1.54, 1.807) is 18.0 Å². The molecule has 1 atom stereocenters. The number of amides is 1. The van der Waals surface area contributed by atoms with Crippen LogP contribution in [0.2, 0.25) is 0 Å². The Kier molecular flexibility index (Phi) is 4.09. The van der Waals surface area contributed by atoms with Crippen LogP contribution < -0.4 is 0 Å². The van der Waals surface area contributed by atoms with Gasteiger partial charge in [-0.05, 0) is 25.8 Å². The fourth-order valence-corrected chi connectivity index (χ4v) is 2.86. The minimum atomic E-state index is -0.929. The van der Waals surface area contributed by atoms with E-state index in [2.05, 4.69) is 20.5 Å². The van der Waals surface area contributed by atoms with E-state index >= 15 is 0 Å². The van der Waals surface area contributed by atoms with Gasteiger partial charge in [0.15, 0.2) is 5.69 Å². The highest BCUT2D eigenvalue weighted by Crippen LogP contribution is 2.26. The Balaban J connectivity index is 1.71. The zero-order chi connectivity index (χ0) is 16.4. The van der Waals surface area contributed by atoms with Crippen LogP contribution in [0, 0.1) is 6.92 Å². The topological polar surface area (TPSA) is 117 Å². The number of aryl methyl sites for hydroxylation is 1. The predicted molar refractivity (Wildman–Crippen MR) is 78.9 cm³/mol. The number of rotatable bonds is 4. The number of likely N-dealkylation sites (tertiary alicyclic amines) is 1. The molecule has 9 nitrogen and oxygen atoms in total. The van der Waals surface area contributed by atoms with Crippen LogP contribution in [-0.4, -0.2) is 60.2 Å². The first-order valence-corrected chi connectivity index (χ1v) is 7.46. The molecule has 3 heterocycles. The van der Waals surface area contributed by atoms with Crippen molar-refractivity contribution in [1.82, 2.24) is 30.1 Å². The minimum Gasteiger partial charge on any atom is -0.480 e. The van der Waals surface area contributed by atoms with Gasteiger partial charge in [0.25, 0.3) is 5.91 Å². The summed E-state index contributed by atoms with van der Waals surface area (Å²) in [6.07, 6.45) is 3.46. The molecule has 3 rings (SSSR count). The van der Waals surface area contributed by atoms with Gasteiger partial charge in [-0.25, -0.2) is 0 Å². The molecule has 1 saturated heterocycles. The number of hydrogen-bond donors (Lipinski definition) is 2. The van der Waals surface area contributed by atoms with Gasteiger partial charge in [-0.1, -0.05) is 0 Å². The summed E-state index contributed by atoms with van der Waals surface area (Å²) in [5.41, 5.74) is 1.76. The SMILES string of the molecule is Cc1n[nH]nc1C(=O)N1CCCC(c2ccn(CC(=O)O)n2)C1. The molecule has 2 aromatic heterocycles. The monoisotopic (exact) mass is 318 g/mol. The van der Waals surface area contributed by atoms with E-state index in [0.717, 1.165) is 18.5 Å². The van der Waals surface area contributed by atoms with Gasteiger partial charge in [0, 0.05) is 25.2 Å². The first kappa shape index (κ1) is 15.2. The lowest BCUT2D eigenvalue weighted by Crippen LogP contribution is -2.39. The van der Waals surface area contributed by atoms with Crippen LogP contribution in [0.25, 0.3) is 0 Å². The molecule has 2 N–H and O–H groups in total. The predicted octanol–water partition coefficient (Wildman–Crippen LogP) is 0.414. The van der Waals surface area contributed by atoms with Gasteiger partial charge in [0.2, 0.25) is 0 Å². The van der Waals surface area contributed by atoms with Gasteiger partial charge >= 0.3 is 5.97 Å². The van der Waals surface area contributed by atoms with E-state index in [-0.39, 0.29) is 18.4 Å². The van der Waals surface area contributed by atoms with Gasteiger partial charge in [0.1, 0.15) is 6.54 Å². The number of aromatic nitrogens is 5. The molecule has 0 saturated carbocycles. The van der Waals surface area contributed by atoms with E-state index in [4.69, 9.17) is 5.11 Å². The third-order valence-corrected chi connectivity index (χ3v) is 4.01. The largest absolute Gasteiger partial charge is 0.480 e. The van der Waals surface area contributed by atoms with Crippen LogP contribution >= 0.6 is 0 Å². The van der Waals surface area contributed by atoms with Crippen LogP contribution in [-0.2, 0) is 11.3 Å². The van der Waals surface area contributed by atoms with Crippen LogP contribution in [0.15, 0.2) is 12.3 Å². The Bertz CT molecular complexity index is 722. The van der Waals surface area contributed by atoms with Gasteiger partial charge in [0.05, 0.1) is 11.4 Å². The molecule has 122 valence electrons. The number of hydrogen-bond acceptors (Lipinski definition) is 5. The van der Waals surface area contributed by atoms with Crippen molar-refractivity contribution >= 4 is 11.9 Å². The fourth-order valence-electron chi connectivity index (χ4n) is 2.86. The minimum absolute atomic E-state index is 0.106. The lowest BCUT2D eigenvalue weighted by molar-refractivity contribution is -0.137. The quantitative estimate of drug-likeness (QED) is 0.843. The van der Waals surface area contributed by atoms with E-state index in [1.807, 2.05) is 6.07 Å². The van der Waals surface area contributed by atoms with E-state index in [1.165, 1.54) is 4.68 Å². The molecule has 2 aromatic rings. The normalized spacial score (nSPS) is 18.1. The Morgan fingerprint density at radius 1 is 1.43 bits per heavy atom. The lowest BCUT2D eigenvalue weighted by Gasteiger charge is -2.31. The number of H-pyrrole nitrogens is 1. The molecule has 1 aliphatic heterocycles. The lowest BCUT2D eigenvalue weighted by atomic mass is 9.94. The second-order valence-electron chi connectivity index (χ2n) is 5.68. The zero-order valence-corrected chi connectivity index (χ0v) is 12.8. The summed E-state index contributed by atoms with van der Waals surface area (Å²) in [6.45, 7) is 2.81. The Labute approximate surface area is 132 Å². The van der Waals surface area contributed by atoms with Crippen LogP contribution in [0.5, 0.6) is 0 Å². The van der Waals surface area contributed by atoms with Crippen molar-refractivity contribution in [2.45, 2.75) is 32.2 Å². The van der Waals surface area contributed by atoms with Crippen molar-refractivity contribution in [3.05, 3.63) is 29.3 Å². The van der Waals surface area contributed by atoms with Gasteiger partial charge in [-0.15, -0.1) is 0 Å². The first-order valence-electron chi connectivity index (χ1n) is 7.46. The van der Waals surface area contributed by atoms with Gasteiger partial charge in [-0.3, -0.25) is 14.3 Å². The van der Waals surface area contributed by atoms with Crippen molar-refractivity contribution in [1.29, 1.82) is 0 Å². The highest BCUT2D eigenvalue weighted by atomic mass is 16.4. The molecule has 9 heteroatoms. The molecular formula is C14H18N6O3. The Morgan fingerprint density at radius 2 is 2.26 bits per heavy atom. The number of nitrogens with one attached hydrogen (secondary N) is 1. The van der Waals surface area contributed by atoms with Crippen molar-refractivity contribution < 1.29 is 14.7 Å². The highest BCUT2D eigenvalue weighted by molar-refractivity contribution is 5.93. The number of piperidine rings is 1. The number of aromatic amines is 1. The third kappa shape index (κ3) is 3.22. The third-order valence-electron chi connectivity index (χ3n) is 4.01. The van der Waals surface area contributed by atoms with Crippen molar-refractivity contribution in [3.8, 4) is 0 Å². The molecule has 0 radical (unpaired) electrons. The van der Waals surface area contributed by atoms with Crippen molar-refractivity contribution in [2.75, 3.05) is 13.1 Å². The maximum absolute atomic E-state index is 12.5. The Morgan fingerprint density at radius 3 is 2.96 bits per heavy atom. The van der Waals surface area contributed by atoms with Gasteiger partial charge in [-0.2, -0.15) is 20.5 Å². The molecule has 0 aromatic carbocycles. The fraction of sp³-hybridized carbons (Fsp3) is 0.500. The number of carbonyl (C=O) groups excluding carboxylic acids is 1. The standard InChI is InChI=1S/C14H18N6O3/c1-9-13(16-18-15-9)14(23)19-5-2-3-10(7-19)11-4-6-20(17-11)8-12(21)22/h4,6,10H,2-3,5,7-8H2,1H3,(H,21,22)(H,15,16,18). The number of carbonyl (C=O) groups is 2. The molecule has 0 aliphatic carbocycles. The molecule has 1 unspecified atom stereocenters. The smallest absolute Gasteiger partial charge is 0.325 e. The highest BCUT2D eigenvalue weighted by Gasteiger charge is 2.28. The molecule has 1 amide bonds. The summed E-state index contributed by atoms with van der Waals surface area (Å²) < 4.78 is 1.40.